The number of halogens is 3. The van der Waals surface area contributed by atoms with Crippen LogP contribution in [0.1, 0.15) is 10.4 Å². The molecule has 3 N–H and O–H groups in total. The van der Waals surface area contributed by atoms with Gasteiger partial charge >= 0.3 is 0 Å². The van der Waals surface area contributed by atoms with Gasteiger partial charge in [0.25, 0.3) is 11.8 Å². The van der Waals surface area contributed by atoms with Crippen LogP contribution in [0.5, 0.6) is 11.5 Å². The maximum Gasteiger partial charge on any atom is 0.255 e. The van der Waals surface area contributed by atoms with Crippen LogP contribution in [-0.2, 0) is 4.79 Å². The lowest BCUT2D eigenvalue weighted by atomic mass is 10.1. The van der Waals surface area contributed by atoms with E-state index in [4.69, 9.17) is 26.8 Å². The van der Waals surface area contributed by atoms with Crippen molar-refractivity contribution in [3.05, 3.63) is 49.9 Å². The number of carbonyl (C=O) groups is 2. The molecule has 0 spiro atoms. The van der Waals surface area contributed by atoms with Gasteiger partial charge in [-0.2, -0.15) is 0 Å². The predicted molar refractivity (Wildman–Crippen MR) is 102 cm³/mol. The highest BCUT2D eigenvalue weighted by Gasteiger charge is 2.17. The summed E-state index contributed by atoms with van der Waals surface area (Å²) in [6.07, 6.45) is 0. The number of amides is 2. The molecular weight excluding hydrogens is 479 g/mol. The van der Waals surface area contributed by atoms with E-state index < -0.39 is 5.91 Å². The predicted octanol–water partition coefficient (Wildman–Crippen LogP) is 3.99. The van der Waals surface area contributed by atoms with E-state index in [-0.39, 0.29) is 34.6 Å². The van der Waals surface area contributed by atoms with E-state index in [2.05, 4.69) is 37.2 Å². The number of benzene rings is 2. The van der Waals surface area contributed by atoms with Crippen molar-refractivity contribution >= 4 is 61.0 Å². The molecule has 9 heteroatoms. The fourth-order valence-corrected chi connectivity index (χ4v) is 2.89. The van der Waals surface area contributed by atoms with Crippen LogP contribution in [0.3, 0.4) is 0 Å². The Morgan fingerprint density at radius 1 is 1.24 bits per heavy atom. The molecule has 0 unspecified atom stereocenters. The molecule has 0 bridgehead atoms. The summed E-state index contributed by atoms with van der Waals surface area (Å²) in [5, 5.41) is 2.89. The first-order valence-corrected chi connectivity index (χ1v) is 8.83. The highest BCUT2D eigenvalue weighted by atomic mass is 79.9. The maximum atomic E-state index is 12.5. The minimum absolute atomic E-state index is 0.124. The van der Waals surface area contributed by atoms with Crippen LogP contribution < -0.4 is 20.5 Å². The summed E-state index contributed by atoms with van der Waals surface area (Å²) in [7, 11) is 1.40. The lowest BCUT2D eigenvalue weighted by Crippen LogP contribution is -2.20. The molecule has 0 saturated heterocycles. The summed E-state index contributed by atoms with van der Waals surface area (Å²) < 4.78 is 12.0. The number of hydrogen-bond donors (Lipinski definition) is 2. The van der Waals surface area contributed by atoms with Crippen molar-refractivity contribution in [3.63, 3.8) is 0 Å². The van der Waals surface area contributed by atoms with Gasteiger partial charge in [-0.15, -0.1) is 0 Å². The van der Waals surface area contributed by atoms with Crippen LogP contribution in [0.4, 0.5) is 5.69 Å². The molecule has 0 aromatic heterocycles. The summed E-state index contributed by atoms with van der Waals surface area (Å²) in [6.45, 7) is -0.355. The molecule has 0 saturated carbocycles. The summed E-state index contributed by atoms with van der Waals surface area (Å²) in [5.41, 5.74) is 5.90. The van der Waals surface area contributed by atoms with Crippen LogP contribution in [0.25, 0.3) is 0 Å². The minimum Gasteiger partial charge on any atom is -0.493 e. The van der Waals surface area contributed by atoms with Gasteiger partial charge in [0.2, 0.25) is 0 Å². The second-order valence-corrected chi connectivity index (χ2v) is 7.00. The zero-order valence-electron chi connectivity index (χ0n) is 12.9. The van der Waals surface area contributed by atoms with E-state index in [1.165, 1.54) is 19.2 Å². The molecule has 0 radical (unpaired) electrons. The first kappa shape index (κ1) is 19.6. The molecule has 0 fully saturated rings. The molecule has 25 heavy (non-hydrogen) atoms. The molecular formula is C16H13Br2ClN2O4. The zero-order valence-corrected chi connectivity index (χ0v) is 16.9. The van der Waals surface area contributed by atoms with Gasteiger partial charge in [0, 0.05) is 14.5 Å². The number of carbonyl (C=O) groups excluding carboxylic acids is 2. The number of hydrogen-bond acceptors (Lipinski definition) is 4. The number of methoxy groups -OCH3 is 1. The number of rotatable bonds is 6. The van der Waals surface area contributed by atoms with Crippen molar-refractivity contribution in [2.45, 2.75) is 0 Å². The Kier molecular flexibility index (Phi) is 6.69. The number of anilines is 1. The van der Waals surface area contributed by atoms with Gasteiger partial charge in [-0.1, -0.05) is 27.5 Å². The number of nitrogens with one attached hydrogen (secondary N) is 1. The third kappa shape index (κ3) is 5.10. The van der Waals surface area contributed by atoms with Gasteiger partial charge in [-0.25, -0.2) is 0 Å². The Labute approximate surface area is 165 Å². The molecule has 0 atom stereocenters. The standard InChI is InChI=1S/C16H13Br2ClN2O4/c1-24-13-5-8(4-11(19)15(13)25-7-14(20)22)16(23)21-12-6-9(17)2-3-10(12)18/h2-6H,7H2,1H3,(H2,20,22)(H,21,23). The fraction of sp³-hybridized carbons (Fsp3) is 0.125. The van der Waals surface area contributed by atoms with Crippen molar-refractivity contribution in [2.24, 2.45) is 5.73 Å². The van der Waals surface area contributed by atoms with Crippen LogP contribution in [0.2, 0.25) is 5.02 Å². The van der Waals surface area contributed by atoms with Crippen LogP contribution >= 0.6 is 43.5 Å². The Morgan fingerprint density at radius 2 is 1.96 bits per heavy atom. The summed E-state index contributed by atoms with van der Waals surface area (Å²) in [5.74, 6) is -0.685. The number of nitrogens with two attached hydrogens (primary N) is 1. The Morgan fingerprint density at radius 3 is 2.60 bits per heavy atom. The molecule has 0 aliphatic heterocycles. The van der Waals surface area contributed by atoms with E-state index in [1.54, 1.807) is 12.1 Å². The second-order valence-electron chi connectivity index (χ2n) is 4.82. The van der Waals surface area contributed by atoms with Crippen molar-refractivity contribution in [1.29, 1.82) is 0 Å². The molecule has 2 rings (SSSR count). The van der Waals surface area contributed by atoms with Gasteiger partial charge in [0.15, 0.2) is 18.1 Å². The summed E-state index contributed by atoms with van der Waals surface area (Å²) in [6, 6.07) is 8.27. The van der Waals surface area contributed by atoms with E-state index in [0.29, 0.717) is 5.69 Å². The smallest absolute Gasteiger partial charge is 0.255 e. The molecule has 6 nitrogen and oxygen atoms in total. The first-order valence-electron chi connectivity index (χ1n) is 6.87. The Hall–Kier alpha value is -1.77. The monoisotopic (exact) mass is 490 g/mol. The second kappa shape index (κ2) is 8.55. The average molecular weight is 493 g/mol. The molecule has 0 aliphatic rings. The van der Waals surface area contributed by atoms with Gasteiger partial charge < -0.3 is 20.5 Å². The van der Waals surface area contributed by atoms with Crippen molar-refractivity contribution < 1.29 is 19.1 Å². The fourth-order valence-electron chi connectivity index (χ4n) is 1.92. The molecule has 0 aliphatic carbocycles. The van der Waals surface area contributed by atoms with Crippen molar-refractivity contribution in [2.75, 3.05) is 19.0 Å². The third-order valence-corrected chi connectivity index (χ3v) is 4.49. The van der Waals surface area contributed by atoms with E-state index in [9.17, 15) is 9.59 Å². The van der Waals surface area contributed by atoms with Crippen LogP contribution in [0, 0.1) is 0 Å². The highest BCUT2D eigenvalue weighted by Crippen LogP contribution is 2.37. The van der Waals surface area contributed by atoms with Crippen molar-refractivity contribution in [1.82, 2.24) is 0 Å². The van der Waals surface area contributed by atoms with E-state index in [0.717, 1.165) is 8.95 Å². The minimum atomic E-state index is -0.653. The molecule has 2 aromatic carbocycles. The third-order valence-electron chi connectivity index (χ3n) is 3.03. The van der Waals surface area contributed by atoms with Crippen LogP contribution in [0.15, 0.2) is 39.3 Å². The van der Waals surface area contributed by atoms with Gasteiger partial charge in [-0.3, -0.25) is 9.59 Å². The van der Waals surface area contributed by atoms with Crippen LogP contribution in [-0.4, -0.2) is 25.5 Å². The number of ether oxygens (including phenoxy) is 2. The van der Waals surface area contributed by atoms with Gasteiger partial charge in [-0.05, 0) is 46.3 Å². The highest BCUT2D eigenvalue weighted by molar-refractivity contribution is 9.11. The van der Waals surface area contributed by atoms with Gasteiger partial charge in [0.1, 0.15) is 0 Å². The first-order chi connectivity index (χ1) is 11.8. The Balaban J connectivity index is 2.29. The van der Waals surface area contributed by atoms with E-state index >= 15 is 0 Å². The largest absolute Gasteiger partial charge is 0.493 e. The molecule has 2 aromatic rings. The topological polar surface area (TPSA) is 90.7 Å². The van der Waals surface area contributed by atoms with Gasteiger partial charge in [0.05, 0.1) is 17.8 Å². The summed E-state index contributed by atoms with van der Waals surface area (Å²) >= 11 is 12.9. The Bertz CT molecular complexity index is 830. The SMILES string of the molecule is COc1cc(C(=O)Nc2cc(Br)ccc2Br)cc(Cl)c1OCC(N)=O. The van der Waals surface area contributed by atoms with Crippen molar-refractivity contribution in [3.8, 4) is 11.5 Å². The maximum absolute atomic E-state index is 12.5. The summed E-state index contributed by atoms with van der Waals surface area (Å²) in [4.78, 5) is 23.4. The molecule has 0 heterocycles. The average Bonchev–Trinajstić information content (AvgIpc) is 2.56. The van der Waals surface area contributed by atoms with E-state index in [1.807, 2.05) is 6.07 Å². The lowest BCUT2D eigenvalue weighted by molar-refractivity contribution is -0.119. The zero-order chi connectivity index (χ0) is 18.6. The normalized spacial score (nSPS) is 10.2. The molecule has 132 valence electrons. The lowest BCUT2D eigenvalue weighted by Gasteiger charge is -2.14. The number of primary amides is 1. The molecule has 2 amide bonds. The quantitative estimate of drug-likeness (QED) is 0.638.